The molecule has 9 heteroatoms. The zero-order valence-corrected chi connectivity index (χ0v) is 21.9. The molecule has 0 bridgehead atoms. The second-order valence-electron chi connectivity index (χ2n) is 9.29. The lowest BCUT2D eigenvalue weighted by Crippen LogP contribution is -2.38. The van der Waals surface area contributed by atoms with Crippen molar-refractivity contribution < 1.29 is 27.9 Å². The summed E-state index contributed by atoms with van der Waals surface area (Å²) < 4.78 is 31.9. The van der Waals surface area contributed by atoms with Crippen molar-refractivity contribution in [2.75, 3.05) is 25.6 Å². The van der Waals surface area contributed by atoms with Gasteiger partial charge in [0.1, 0.15) is 5.75 Å². The van der Waals surface area contributed by atoms with Gasteiger partial charge >= 0.3 is 5.97 Å². The van der Waals surface area contributed by atoms with Gasteiger partial charge in [0.25, 0.3) is 0 Å². The predicted octanol–water partition coefficient (Wildman–Crippen LogP) is 4.13. The number of aliphatic carboxylic acids is 1. The van der Waals surface area contributed by atoms with Crippen molar-refractivity contribution in [2.24, 2.45) is 5.92 Å². The number of benzene rings is 2. The van der Waals surface area contributed by atoms with E-state index in [2.05, 4.69) is 0 Å². The van der Waals surface area contributed by atoms with Crippen LogP contribution in [0, 0.1) is 19.8 Å². The van der Waals surface area contributed by atoms with Gasteiger partial charge in [-0.25, -0.2) is 17.5 Å². The van der Waals surface area contributed by atoms with Gasteiger partial charge in [-0.15, -0.1) is 11.8 Å². The average molecular weight is 506 g/mol. The zero-order chi connectivity index (χ0) is 25.4. The van der Waals surface area contributed by atoms with Gasteiger partial charge in [0, 0.05) is 35.4 Å². The fraction of sp³-hybridized carbons (Fsp3) is 0.440. The van der Waals surface area contributed by atoms with E-state index in [0.717, 1.165) is 27.8 Å². The molecule has 0 saturated carbocycles. The Morgan fingerprint density at radius 1 is 1.09 bits per heavy atom. The summed E-state index contributed by atoms with van der Waals surface area (Å²) in [5.74, 6) is -1.55. The Hall–Kier alpha value is -2.36. The Kier molecular flexibility index (Phi) is 7.50. The Bertz CT molecular complexity index is 1180. The Balaban J connectivity index is 2.00. The van der Waals surface area contributed by atoms with E-state index in [1.54, 1.807) is 23.9 Å². The van der Waals surface area contributed by atoms with Crippen LogP contribution in [0.5, 0.6) is 5.75 Å². The fourth-order valence-corrected chi connectivity index (χ4v) is 5.54. The molecule has 34 heavy (non-hydrogen) atoms. The summed E-state index contributed by atoms with van der Waals surface area (Å²) in [6.07, 6.45) is 3.12. The van der Waals surface area contributed by atoms with Crippen molar-refractivity contribution in [3.05, 3.63) is 58.7 Å². The van der Waals surface area contributed by atoms with Gasteiger partial charge in [0.2, 0.25) is 10.0 Å². The molecule has 0 aliphatic carbocycles. The van der Waals surface area contributed by atoms with E-state index in [-0.39, 0.29) is 24.8 Å². The van der Waals surface area contributed by atoms with E-state index < -0.39 is 27.5 Å². The van der Waals surface area contributed by atoms with Crippen LogP contribution < -0.4 is 4.74 Å². The van der Waals surface area contributed by atoms with Crippen LogP contribution in [0.25, 0.3) is 0 Å². The number of carbonyl (C=O) groups excluding carboxylic acids is 1. The lowest BCUT2D eigenvalue weighted by molar-refractivity contribution is -0.152. The van der Waals surface area contributed by atoms with Crippen LogP contribution in [-0.4, -0.2) is 60.8 Å². The molecule has 1 aliphatic heterocycles. The maximum atomic E-state index is 13.5. The van der Waals surface area contributed by atoms with Crippen LogP contribution in [0.15, 0.2) is 41.3 Å². The van der Waals surface area contributed by atoms with Gasteiger partial charge in [0.15, 0.2) is 11.4 Å². The van der Waals surface area contributed by atoms with Crippen LogP contribution in [0.4, 0.5) is 0 Å². The number of carboxylic acid groups (broad SMARTS) is 1. The maximum absolute atomic E-state index is 13.5. The van der Waals surface area contributed by atoms with Crippen LogP contribution in [0.3, 0.4) is 0 Å². The van der Waals surface area contributed by atoms with Gasteiger partial charge in [-0.05, 0) is 62.8 Å². The number of hydrogen-bond donors (Lipinski definition) is 1. The quantitative estimate of drug-likeness (QED) is 0.425. The number of rotatable bonds is 8. The Morgan fingerprint density at radius 2 is 1.65 bits per heavy atom. The van der Waals surface area contributed by atoms with Crippen molar-refractivity contribution in [3.8, 4) is 5.75 Å². The second kappa shape index (κ2) is 9.71. The molecule has 0 spiro atoms. The first-order valence-electron chi connectivity index (χ1n) is 10.9. The highest BCUT2D eigenvalue weighted by molar-refractivity contribution is 7.98. The number of sulfonamides is 1. The molecule has 0 aromatic heterocycles. The number of ketones is 1. The third-order valence-corrected chi connectivity index (χ3v) is 8.23. The highest BCUT2D eigenvalue weighted by Gasteiger charge is 2.42. The molecule has 2 aromatic rings. The number of aryl methyl sites for hydroxylation is 2. The summed E-state index contributed by atoms with van der Waals surface area (Å²) >= 11 is 1.59. The lowest BCUT2D eigenvalue weighted by atomic mass is 9.82. The largest absolute Gasteiger partial charge is 0.478 e. The summed E-state index contributed by atoms with van der Waals surface area (Å²) in [4.78, 5) is 26.0. The van der Waals surface area contributed by atoms with Crippen LogP contribution in [0.2, 0.25) is 0 Å². The molecule has 184 valence electrons. The predicted molar refractivity (Wildman–Crippen MR) is 133 cm³/mol. The SMILES string of the molecule is CSc1ccc(C(=O)[C@@H]2CN(S(C)(=O)=O)C[C@H]2c2cc(C)c(OC(C)(C)C(=O)O)c(C)c2)cc1. The van der Waals surface area contributed by atoms with Crippen LogP contribution in [0.1, 0.15) is 46.8 Å². The normalized spacial score (nSPS) is 19.2. The molecular formula is C25H31NO6S2. The van der Waals surface area contributed by atoms with E-state index in [1.807, 2.05) is 44.4 Å². The van der Waals surface area contributed by atoms with Gasteiger partial charge in [0.05, 0.1) is 6.26 Å². The van der Waals surface area contributed by atoms with Gasteiger partial charge in [-0.2, -0.15) is 0 Å². The van der Waals surface area contributed by atoms with E-state index in [9.17, 15) is 23.1 Å². The number of carboxylic acids is 1. The minimum Gasteiger partial charge on any atom is -0.478 e. The standard InChI is InChI=1S/C25H31NO6S2/c1-15-11-18(12-16(2)23(15)32-25(3,4)24(28)29)20-13-26(34(6,30)31)14-21(20)22(27)17-7-9-19(33-5)10-8-17/h7-12,20-21H,13-14H2,1-6H3,(H,28,29)/t20-,21+/m0/s1. The van der Waals surface area contributed by atoms with Gasteiger partial charge in [-0.3, -0.25) is 4.79 Å². The van der Waals surface area contributed by atoms with Crippen molar-refractivity contribution in [3.63, 3.8) is 0 Å². The maximum Gasteiger partial charge on any atom is 0.347 e. The van der Waals surface area contributed by atoms with Crippen LogP contribution >= 0.6 is 11.8 Å². The zero-order valence-electron chi connectivity index (χ0n) is 20.3. The third kappa shape index (κ3) is 5.47. The van der Waals surface area contributed by atoms with Gasteiger partial charge < -0.3 is 9.84 Å². The first-order chi connectivity index (χ1) is 15.7. The lowest BCUT2D eigenvalue weighted by Gasteiger charge is -2.26. The number of Topliss-reactive ketones (excluding diaryl/α,β-unsaturated/α-hetero) is 1. The first-order valence-corrected chi connectivity index (χ1v) is 14.0. The third-order valence-electron chi connectivity index (χ3n) is 6.25. The molecule has 0 unspecified atom stereocenters. The summed E-state index contributed by atoms with van der Waals surface area (Å²) in [7, 11) is -3.48. The molecular weight excluding hydrogens is 474 g/mol. The number of ether oxygens (including phenoxy) is 1. The number of thioether (sulfide) groups is 1. The number of nitrogens with zero attached hydrogens (tertiary/aromatic N) is 1. The molecule has 3 rings (SSSR count). The van der Waals surface area contributed by atoms with Crippen molar-refractivity contribution >= 4 is 33.5 Å². The fourth-order valence-electron chi connectivity index (χ4n) is 4.27. The summed E-state index contributed by atoms with van der Waals surface area (Å²) in [6.45, 7) is 6.95. The molecule has 7 nitrogen and oxygen atoms in total. The molecule has 2 aromatic carbocycles. The average Bonchev–Trinajstić information content (AvgIpc) is 3.21. The summed E-state index contributed by atoms with van der Waals surface area (Å²) in [6, 6.07) is 11.1. The van der Waals surface area contributed by atoms with E-state index in [0.29, 0.717) is 11.3 Å². The molecule has 1 aliphatic rings. The van der Waals surface area contributed by atoms with E-state index >= 15 is 0 Å². The molecule has 1 saturated heterocycles. The number of hydrogen-bond acceptors (Lipinski definition) is 6. The molecule has 1 N–H and O–H groups in total. The summed E-state index contributed by atoms with van der Waals surface area (Å²) in [5.41, 5.74) is 1.45. The topological polar surface area (TPSA) is 101 Å². The highest BCUT2D eigenvalue weighted by Crippen LogP contribution is 2.39. The van der Waals surface area contributed by atoms with Gasteiger partial charge in [-0.1, -0.05) is 24.3 Å². The van der Waals surface area contributed by atoms with Crippen molar-refractivity contribution in [1.29, 1.82) is 0 Å². The molecule has 1 fully saturated rings. The first kappa shape index (κ1) is 26.2. The molecule has 2 atom stereocenters. The minimum absolute atomic E-state index is 0.0913. The molecule has 0 amide bonds. The summed E-state index contributed by atoms with van der Waals surface area (Å²) in [5, 5.41) is 9.43. The van der Waals surface area contributed by atoms with E-state index in [1.165, 1.54) is 18.2 Å². The van der Waals surface area contributed by atoms with Crippen molar-refractivity contribution in [1.82, 2.24) is 4.31 Å². The van der Waals surface area contributed by atoms with Crippen LogP contribution in [-0.2, 0) is 14.8 Å². The Morgan fingerprint density at radius 3 is 2.12 bits per heavy atom. The Labute approximate surface area is 205 Å². The molecule has 1 heterocycles. The second-order valence-corrected chi connectivity index (χ2v) is 12.1. The van der Waals surface area contributed by atoms with E-state index in [4.69, 9.17) is 4.74 Å². The van der Waals surface area contributed by atoms with Crippen molar-refractivity contribution in [2.45, 2.75) is 44.1 Å². The molecule has 0 radical (unpaired) electrons. The minimum atomic E-state index is -3.48. The highest BCUT2D eigenvalue weighted by atomic mass is 32.2. The number of carbonyl (C=O) groups is 2. The monoisotopic (exact) mass is 505 g/mol. The smallest absolute Gasteiger partial charge is 0.347 e.